The average Bonchev–Trinajstić information content (AvgIpc) is 2.85. The largest absolute Gasteiger partial charge is 0.472 e. The maximum atomic E-state index is 13.2. The number of morpholine rings is 1. The molecule has 0 aliphatic carbocycles. The highest BCUT2D eigenvalue weighted by atomic mass is 19.4. The van der Waals surface area contributed by atoms with E-state index >= 15 is 0 Å². The predicted octanol–water partition coefficient (Wildman–Crippen LogP) is 3.49. The summed E-state index contributed by atoms with van der Waals surface area (Å²) in [5, 5.41) is 0. The fraction of sp³-hybridized carbons (Fsp3) is 0.318. The topological polar surface area (TPSA) is 91.0 Å². The van der Waals surface area contributed by atoms with Gasteiger partial charge in [0.05, 0.1) is 25.3 Å². The van der Waals surface area contributed by atoms with E-state index in [1.807, 2.05) is 0 Å². The number of carbonyl (C=O) groups excluding carboxylic acids is 3. The molecule has 194 valence electrons. The molecule has 2 aromatic rings. The van der Waals surface area contributed by atoms with Gasteiger partial charge in [-0.05, 0) is 42.0 Å². The van der Waals surface area contributed by atoms with E-state index in [1.54, 1.807) is 5.43 Å². The predicted molar refractivity (Wildman–Crippen MR) is 114 cm³/mol. The van der Waals surface area contributed by atoms with E-state index in [9.17, 15) is 40.7 Å². The van der Waals surface area contributed by atoms with Crippen LogP contribution in [0, 0.1) is 0 Å². The van der Waals surface area contributed by atoms with Crippen LogP contribution in [0.4, 0.5) is 36.8 Å². The first kappa shape index (κ1) is 26.8. The fourth-order valence-electron chi connectivity index (χ4n) is 3.23. The minimum Gasteiger partial charge on any atom is -0.378 e. The number of anilines is 1. The number of carbonyl (C=O) groups is 3. The van der Waals surface area contributed by atoms with Gasteiger partial charge in [0, 0.05) is 24.3 Å². The molecule has 4 amide bonds. The Kier molecular flexibility index (Phi) is 8.07. The normalized spacial score (nSPS) is 14.2. The number of alkyl halides is 6. The van der Waals surface area contributed by atoms with Gasteiger partial charge in [0.25, 0.3) is 5.91 Å². The van der Waals surface area contributed by atoms with Crippen LogP contribution in [0.2, 0.25) is 0 Å². The van der Waals surface area contributed by atoms with E-state index in [0.29, 0.717) is 31.9 Å². The number of nitrogens with zero attached hydrogens (tertiary/aromatic N) is 2. The number of nitrogens with one attached hydrogen (secondary N) is 2. The highest BCUT2D eigenvalue weighted by Crippen LogP contribution is 2.31. The second-order valence-corrected chi connectivity index (χ2v) is 7.62. The van der Waals surface area contributed by atoms with E-state index < -0.39 is 35.8 Å². The lowest BCUT2D eigenvalue weighted by Gasteiger charge is -2.33. The van der Waals surface area contributed by atoms with Crippen LogP contribution in [0.5, 0.6) is 0 Å². The molecule has 8 nitrogen and oxygen atoms in total. The van der Waals surface area contributed by atoms with Gasteiger partial charge in [-0.25, -0.2) is 4.79 Å². The van der Waals surface area contributed by atoms with Crippen molar-refractivity contribution in [3.8, 4) is 0 Å². The van der Waals surface area contributed by atoms with Gasteiger partial charge in [-0.2, -0.15) is 26.3 Å². The fourth-order valence-corrected chi connectivity index (χ4v) is 3.23. The van der Waals surface area contributed by atoms with E-state index in [-0.39, 0.29) is 17.8 Å². The number of halogens is 6. The maximum Gasteiger partial charge on any atom is 0.472 e. The summed E-state index contributed by atoms with van der Waals surface area (Å²) in [4.78, 5) is 38.7. The Morgan fingerprint density at radius 1 is 0.861 bits per heavy atom. The molecule has 0 atom stereocenters. The molecule has 1 aliphatic rings. The molecule has 0 unspecified atom stereocenters. The average molecular weight is 518 g/mol. The van der Waals surface area contributed by atoms with Gasteiger partial charge in [0.15, 0.2) is 0 Å². The van der Waals surface area contributed by atoms with Crippen molar-refractivity contribution in [1.29, 1.82) is 0 Å². The molecule has 0 radical (unpaired) electrons. The van der Waals surface area contributed by atoms with Crippen LogP contribution < -0.4 is 15.8 Å². The Morgan fingerprint density at radius 3 is 1.97 bits per heavy atom. The summed E-state index contributed by atoms with van der Waals surface area (Å²) in [6.07, 6.45) is -9.72. The number of benzene rings is 2. The minimum absolute atomic E-state index is 0.0751. The number of ether oxygens (including phenoxy) is 1. The Morgan fingerprint density at radius 2 is 1.44 bits per heavy atom. The molecular formula is C22H20F6N4O4. The molecule has 36 heavy (non-hydrogen) atoms. The monoisotopic (exact) mass is 518 g/mol. The number of hydrazine groups is 1. The quantitative estimate of drug-likeness (QED) is 0.479. The summed E-state index contributed by atoms with van der Waals surface area (Å²) >= 11 is 0. The van der Waals surface area contributed by atoms with Crippen LogP contribution in [0.25, 0.3) is 0 Å². The van der Waals surface area contributed by atoms with Crippen LogP contribution in [0.3, 0.4) is 0 Å². The van der Waals surface area contributed by atoms with Gasteiger partial charge in [0.2, 0.25) is 0 Å². The van der Waals surface area contributed by atoms with Gasteiger partial charge in [0.1, 0.15) is 0 Å². The molecule has 0 aromatic heterocycles. The van der Waals surface area contributed by atoms with E-state index in [1.165, 1.54) is 51.6 Å². The zero-order valence-corrected chi connectivity index (χ0v) is 18.4. The van der Waals surface area contributed by atoms with Crippen molar-refractivity contribution >= 4 is 23.5 Å². The summed E-state index contributed by atoms with van der Waals surface area (Å²) in [5.41, 5.74) is 2.61. The third-order valence-electron chi connectivity index (χ3n) is 5.12. The summed E-state index contributed by atoms with van der Waals surface area (Å²) in [6, 6.07) is 8.96. The van der Waals surface area contributed by atoms with Crippen LogP contribution in [0.1, 0.15) is 21.5 Å². The first-order valence-corrected chi connectivity index (χ1v) is 10.4. The van der Waals surface area contributed by atoms with E-state index in [0.717, 1.165) is 12.1 Å². The van der Waals surface area contributed by atoms with Crippen molar-refractivity contribution in [2.45, 2.75) is 18.9 Å². The molecular weight excluding hydrogens is 498 g/mol. The Balaban J connectivity index is 1.76. The van der Waals surface area contributed by atoms with Crippen molar-refractivity contribution in [2.24, 2.45) is 0 Å². The van der Waals surface area contributed by atoms with Crippen molar-refractivity contribution < 1.29 is 45.5 Å². The molecule has 2 aromatic carbocycles. The first-order valence-electron chi connectivity index (χ1n) is 10.4. The lowest BCUT2D eigenvalue weighted by Crippen LogP contribution is -2.48. The third-order valence-corrected chi connectivity index (χ3v) is 5.12. The van der Waals surface area contributed by atoms with Gasteiger partial charge in [-0.3, -0.25) is 25.3 Å². The van der Waals surface area contributed by atoms with Crippen molar-refractivity contribution in [3.63, 3.8) is 0 Å². The molecule has 0 saturated carbocycles. The smallest absolute Gasteiger partial charge is 0.378 e. The molecule has 1 fully saturated rings. The highest BCUT2D eigenvalue weighted by Gasteiger charge is 2.39. The summed E-state index contributed by atoms with van der Waals surface area (Å²) < 4.78 is 80.8. The van der Waals surface area contributed by atoms with Crippen molar-refractivity contribution in [1.82, 2.24) is 15.8 Å². The summed E-state index contributed by atoms with van der Waals surface area (Å²) in [6.45, 7) is 1.12. The molecule has 3 rings (SSSR count). The van der Waals surface area contributed by atoms with Crippen molar-refractivity contribution in [2.75, 3.05) is 31.2 Å². The Hall–Kier alpha value is -3.81. The minimum atomic E-state index is -5.17. The van der Waals surface area contributed by atoms with Crippen LogP contribution in [-0.2, 0) is 22.3 Å². The molecule has 0 spiro atoms. The second kappa shape index (κ2) is 10.8. The van der Waals surface area contributed by atoms with Gasteiger partial charge in [-0.15, -0.1) is 0 Å². The van der Waals surface area contributed by atoms with Crippen molar-refractivity contribution in [3.05, 3.63) is 65.2 Å². The molecule has 0 bridgehead atoms. The highest BCUT2D eigenvalue weighted by molar-refractivity contribution is 5.96. The molecule has 1 heterocycles. The van der Waals surface area contributed by atoms with Gasteiger partial charge in [-0.1, -0.05) is 12.1 Å². The Labute approximate surface area is 200 Å². The van der Waals surface area contributed by atoms with Crippen LogP contribution >= 0.6 is 0 Å². The van der Waals surface area contributed by atoms with E-state index in [2.05, 4.69) is 0 Å². The SMILES string of the molecule is O=C(NNC(=O)C(F)(F)F)c1ccc(CN(C(=O)N2CCOCC2)c2ccc(C(F)(F)F)cc2)cc1. The standard InChI is InChI=1S/C22H20F6N4O4/c23-21(24,25)16-5-7-17(8-6-16)32(20(35)31-9-11-36-12-10-31)13-14-1-3-15(4-2-14)18(33)29-30-19(34)22(26,27)28/h1-8H,9-13H2,(H,29,33)(H,30,34). The van der Waals surface area contributed by atoms with Gasteiger partial charge < -0.3 is 9.64 Å². The first-order chi connectivity index (χ1) is 16.9. The zero-order valence-electron chi connectivity index (χ0n) is 18.4. The Bertz CT molecular complexity index is 1080. The number of rotatable bonds is 4. The summed E-state index contributed by atoms with van der Waals surface area (Å²) in [7, 11) is 0. The lowest BCUT2D eigenvalue weighted by molar-refractivity contribution is -0.174. The van der Waals surface area contributed by atoms with Gasteiger partial charge >= 0.3 is 24.3 Å². The summed E-state index contributed by atoms with van der Waals surface area (Å²) in [5.74, 6) is -3.36. The molecule has 1 saturated heterocycles. The number of amides is 4. The zero-order chi connectivity index (χ0) is 26.5. The maximum absolute atomic E-state index is 13.2. The molecule has 14 heteroatoms. The van der Waals surface area contributed by atoms with E-state index in [4.69, 9.17) is 4.74 Å². The molecule has 2 N–H and O–H groups in total. The lowest BCUT2D eigenvalue weighted by atomic mass is 10.1. The number of hydrogen-bond donors (Lipinski definition) is 2. The van der Waals surface area contributed by atoms with Crippen LogP contribution in [-0.4, -0.2) is 55.2 Å². The van der Waals surface area contributed by atoms with Crippen LogP contribution in [0.15, 0.2) is 48.5 Å². The second-order valence-electron chi connectivity index (χ2n) is 7.62. The number of urea groups is 1. The third kappa shape index (κ3) is 6.87. The molecule has 1 aliphatic heterocycles. The number of hydrogen-bond acceptors (Lipinski definition) is 4.